The molecule has 0 N–H and O–H groups in total. The van der Waals surface area contributed by atoms with E-state index in [9.17, 15) is 0 Å². The number of nitriles is 1. The lowest BCUT2D eigenvalue weighted by Crippen LogP contribution is -2.24. The minimum Gasteiger partial charge on any atom is -0.198 e. The van der Waals surface area contributed by atoms with E-state index in [0.29, 0.717) is 11.3 Å². The molecule has 4 bridgehead atoms. The van der Waals surface area contributed by atoms with Crippen molar-refractivity contribution in [1.29, 1.82) is 5.26 Å². The zero-order chi connectivity index (χ0) is 15.3. The van der Waals surface area contributed by atoms with Crippen LogP contribution in [0.4, 0.5) is 0 Å². The van der Waals surface area contributed by atoms with Gasteiger partial charge >= 0.3 is 0 Å². The van der Waals surface area contributed by atoms with Crippen molar-refractivity contribution in [3.63, 3.8) is 0 Å². The predicted molar refractivity (Wildman–Crippen MR) is 87.8 cm³/mol. The number of halogens is 1. The van der Waals surface area contributed by atoms with Crippen molar-refractivity contribution in [1.82, 2.24) is 0 Å². The Morgan fingerprint density at radius 3 is 1.67 bits per heavy atom. The lowest BCUT2D eigenvalue weighted by atomic mass is 9.76. The van der Waals surface area contributed by atoms with Crippen LogP contribution in [0.15, 0.2) is 0 Å². The molecule has 1 nitrogen and oxygen atoms in total. The molecule has 4 rings (SSSR count). The van der Waals surface area contributed by atoms with Crippen molar-refractivity contribution in [3.8, 4) is 6.07 Å². The van der Waals surface area contributed by atoms with Gasteiger partial charge in [-0.3, -0.25) is 0 Å². The lowest BCUT2D eigenvalue weighted by Gasteiger charge is -2.27. The molecule has 4 aliphatic carbocycles. The van der Waals surface area contributed by atoms with Crippen LogP contribution in [0.5, 0.6) is 0 Å². The summed E-state index contributed by atoms with van der Waals surface area (Å²) in [6, 6.07) is 2.45. The number of hydrogen-bond acceptors (Lipinski definition) is 1. The third-order valence-electron chi connectivity index (χ3n) is 7.88. The number of alkyl halides is 1. The van der Waals surface area contributed by atoms with Gasteiger partial charge in [0, 0.05) is 11.3 Å². The minimum absolute atomic E-state index is 0.395. The molecule has 2 heteroatoms. The van der Waals surface area contributed by atoms with E-state index in [2.05, 4.69) is 33.8 Å². The van der Waals surface area contributed by atoms with Crippen molar-refractivity contribution in [2.45, 2.75) is 58.8 Å². The van der Waals surface area contributed by atoms with Crippen LogP contribution in [0, 0.1) is 64.6 Å². The van der Waals surface area contributed by atoms with Crippen LogP contribution in [0.3, 0.4) is 0 Å². The second-order valence-electron chi connectivity index (χ2n) is 8.48. The lowest BCUT2D eigenvalue weighted by molar-refractivity contribution is 0.222. The summed E-state index contributed by atoms with van der Waals surface area (Å²) in [5.74, 6) is 7.33. The van der Waals surface area contributed by atoms with E-state index < -0.39 is 0 Å². The van der Waals surface area contributed by atoms with E-state index in [4.69, 9.17) is 16.9 Å². The first-order chi connectivity index (χ1) is 9.93. The molecule has 0 aromatic carbocycles. The third kappa shape index (κ3) is 2.52. The number of rotatable bonds is 0. The fraction of sp³-hybridized carbons (Fsp3) is 0.947. The van der Waals surface area contributed by atoms with Gasteiger partial charge in [-0.15, -0.1) is 11.6 Å². The van der Waals surface area contributed by atoms with Gasteiger partial charge in [-0.25, -0.2) is 0 Å². The quantitative estimate of drug-likeness (QED) is 0.554. The second-order valence-corrected chi connectivity index (χ2v) is 9.04. The SMILES string of the molecule is CC1C2CC(C#N)C(C2)C1C.CC1C2CC(Cl)C(C2)C1C. The van der Waals surface area contributed by atoms with Gasteiger partial charge in [0.1, 0.15) is 0 Å². The largest absolute Gasteiger partial charge is 0.198 e. The van der Waals surface area contributed by atoms with Crippen molar-refractivity contribution >= 4 is 11.6 Å². The van der Waals surface area contributed by atoms with Gasteiger partial charge in [0.2, 0.25) is 0 Å². The highest BCUT2D eigenvalue weighted by Crippen LogP contribution is 2.55. The van der Waals surface area contributed by atoms with Crippen molar-refractivity contribution in [3.05, 3.63) is 0 Å². The maximum absolute atomic E-state index is 8.84. The van der Waals surface area contributed by atoms with Crippen LogP contribution in [-0.2, 0) is 0 Å². The Bertz CT molecular complexity index is 424. The molecule has 10 unspecified atom stereocenters. The number of fused-ring (bicyclic) bond motifs is 4. The first kappa shape index (κ1) is 15.7. The third-order valence-corrected chi connectivity index (χ3v) is 8.38. The fourth-order valence-corrected chi connectivity index (χ4v) is 6.50. The highest BCUT2D eigenvalue weighted by Gasteiger charge is 2.49. The highest BCUT2D eigenvalue weighted by molar-refractivity contribution is 6.21. The van der Waals surface area contributed by atoms with Crippen molar-refractivity contribution < 1.29 is 0 Å². The summed E-state index contributed by atoms with van der Waals surface area (Å²) in [6.45, 7) is 9.42. The molecule has 0 amide bonds. The van der Waals surface area contributed by atoms with E-state index in [1.165, 1.54) is 25.7 Å². The molecular weight excluding hydrogens is 278 g/mol. The molecule has 0 aromatic heterocycles. The average Bonchev–Trinajstić information content (AvgIpc) is 3.18. The predicted octanol–water partition coefficient (Wildman–Crippen LogP) is 5.34. The maximum atomic E-state index is 8.84. The van der Waals surface area contributed by atoms with E-state index in [0.717, 1.165) is 47.3 Å². The van der Waals surface area contributed by atoms with Crippen LogP contribution in [0.1, 0.15) is 53.4 Å². The van der Waals surface area contributed by atoms with E-state index in [1.807, 2.05) is 0 Å². The van der Waals surface area contributed by atoms with Crippen molar-refractivity contribution in [2.75, 3.05) is 0 Å². The van der Waals surface area contributed by atoms with Crippen LogP contribution in [0.2, 0.25) is 0 Å². The van der Waals surface area contributed by atoms with E-state index >= 15 is 0 Å². The molecule has 0 saturated heterocycles. The summed E-state index contributed by atoms with van der Waals surface area (Å²) in [5.41, 5.74) is 0. The topological polar surface area (TPSA) is 23.8 Å². The Hall–Kier alpha value is -0.220. The Morgan fingerprint density at radius 1 is 0.762 bits per heavy atom. The van der Waals surface area contributed by atoms with Crippen LogP contribution < -0.4 is 0 Å². The van der Waals surface area contributed by atoms with Gasteiger partial charge in [0.25, 0.3) is 0 Å². The standard InChI is InChI=1S/C10H15N.C9H15Cl/c1-6-7(2)10-4-8(6)3-9(10)5-11;1-5-6(2)8-3-7(5)4-9(8)10/h6-10H,3-4H2,1-2H3;5-9H,3-4H2,1-2H3. The maximum Gasteiger partial charge on any atom is 0.0658 e. The molecule has 118 valence electrons. The molecule has 21 heavy (non-hydrogen) atoms. The zero-order valence-corrected chi connectivity index (χ0v) is 14.7. The summed E-state index contributed by atoms with van der Waals surface area (Å²) >= 11 is 6.17. The molecule has 10 atom stereocenters. The van der Waals surface area contributed by atoms with Crippen LogP contribution in [-0.4, -0.2) is 5.38 Å². The van der Waals surface area contributed by atoms with Gasteiger partial charge in [-0.05, 0) is 73.0 Å². The normalized spacial score (nSPS) is 57.0. The molecule has 0 heterocycles. The molecule has 4 saturated carbocycles. The Balaban J connectivity index is 0.000000126. The fourth-order valence-electron chi connectivity index (χ4n) is 5.94. The first-order valence-electron chi connectivity index (χ1n) is 8.97. The number of nitrogens with zero attached hydrogens (tertiary/aromatic N) is 1. The molecule has 0 aliphatic heterocycles. The van der Waals surface area contributed by atoms with E-state index in [1.54, 1.807) is 0 Å². The highest BCUT2D eigenvalue weighted by atomic mass is 35.5. The van der Waals surface area contributed by atoms with Crippen LogP contribution >= 0.6 is 11.6 Å². The summed E-state index contributed by atoms with van der Waals surface area (Å²) < 4.78 is 0. The summed E-state index contributed by atoms with van der Waals surface area (Å²) in [7, 11) is 0. The molecule has 4 aliphatic rings. The smallest absolute Gasteiger partial charge is 0.0658 e. The Kier molecular flexibility index (Phi) is 4.30. The Morgan fingerprint density at radius 2 is 1.29 bits per heavy atom. The monoisotopic (exact) mass is 307 g/mol. The van der Waals surface area contributed by atoms with Gasteiger partial charge in [-0.1, -0.05) is 27.7 Å². The summed E-state index contributed by atoms with van der Waals surface area (Å²) in [5, 5.41) is 9.35. The Labute approximate surface area is 135 Å². The minimum atomic E-state index is 0.395. The molecule has 0 spiro atoms. The molecule has 0 radical (unpaired) electrons. The van der Waals surface area contributed by atoms with Gasteiger partial charge in [0.15, 0.2) is 0 Å². The molecule has 0 aromatic rings. The molecular formula is C19H30ClN. The zero-order valence-electron chi connectivity index (χ0n) is 13.9. The number of hydrogen-bond donors (Lipinski definition) is 0. The van der Waals surface area contributed by atoms with E-state index in [-0.39, 0.29) is 0 Å². The second kappa shape index (κ2) is 5.77. The average molecular weight is 308 g/mol. The first-order valence-corrected chi connectivity index (χ1v) is 9.41. The van der Waals surface area contributed by atoms with Gasteiger partial charge in [-0.2, -0.15) is 5.26 Å². The summed E-state index contributed by atoms with van der Waals surface area (Å²) in [4.78, 5) is 0. The van der Waals surface area contributed by atoms with Crippen LogP contribution in [0.25, 0.3) is 0 Å². The van der Waals surface area contributed by atoms with Crippen molar-refractivity contribution in [2.24, 2.45) is 53.3 Å². The summed E-state index contributed by atoms with van der Waals surface area (Å²) in [6.07, 6.45) is 5.22. The van der Waals surface area contributed by atoms with Gasteiger partial charge in [0.05, 0.1) is 6.07 Å². The molecule has 4 fully saturated rings. The van der Waals surface area contributed by atoms with Gasteiger partial charge < -0.3 is 0 Å².